The Labute approximate surface area is 85.4 Å². The van der Waals surface area contributed by atoms with Crippen molar-refractivity contribution in [3.05, 3.63) is 18.2 Å². The van der Waals surface area contributed by atoms with Crippen molar-refractivity contribution in [1.82, 2.24) is 15.3 Å². The number of hydrogen-bond donors (Lipinski definition) is 3. The zero-order valence-corrected chi connectivity index (χ0v) is 8.07. The van der Waals surface area contributed by atoms with Crippen molar-refractivity contribution in [3.63, 3.8) is 0 Å². The first-order valence-electron chi connectivity index (χ1n) is 4.34. The third-order valence-electron chi connectivity index (χ3n) is 1.89. The van der Waals surface area contributed by atoms with Gasteiger partial charge in [-0.15, -0.1) is 0 Å². The van der Waals surface area contributed by atoms with E-state index >= 15 is 0 Å². The van der Waals surface area contributed by atoms with Crippen LogP contribution in [0.15, 0.2) is 18.2 Å². The Hall–Kier alpha value is -2.24. The molecule has 2 aromatic rings. The van der Waals surface area contributed by atoms with Gasteiger partial charge in [-0.25, -0.2) is 9.78 Å². The van der Waals surface area contributed by atoms with Crippen LogP contribution in [0, 0.1) is 0 Å². The zero-order valence-electron chi connectivity index (χ0n) is 8.07. The molecule has 1 amide bonds. The van der Waals surface area contributed by atoms with Crippen molar-refractivity contribution in [2.45, 2.75) is 0 Å². The second kappa shape index (κ2) is 3.49. The normalized spacial score (nSPS) is 10.2. The molecule has 15 heavy (non-hydrogen) atoms. The third-order valence-corrected chi connectivity index (χ3v) is 1.89. The van der Waals surface area contributed by atoms with Crippen LogP contribution in [0.3, 0.4) is 0 Å². The van der Waals surface area contributed by atoms with Gasteiger partial charge in [0.25, 0.3) is 0 Å². The van der Waals surface area contributed by atoms with Gasteiger partial charge in [-0.05, 0) is 12.1 Å². The number of ether oxygens (including phenoxy) is 1. The maximum Gasteiger partial charge on any atom is 0.412 e. The number of hydrogen-bond acceptors (Lipinski definition) is 4. The van der Waals surface area contributed by atoms with E-state index in [0.29, 0.717) is 11.7 Å². The number of nitrogen functional groups attached to an aromatic ring is 1. The molecule has 1 aromatic carbocycles. The molecule has 0 bridgehead atoms. The first-order valence-corrected chi connectivity index (χ1v) is 4.34. The number of fused-ring (bicyclic) bond motifs is 1. The summed E-state index contributed by atoms with van der Waals surface area (Å²) in [6, 6.07) is 5.03. The zero-order chi connectivity index (χ0) is 10.8. The molecule has 6 heteroatoms. The predicted octanol–water partition coefficient (Wildman–Crippen LogP) is 0.863. The van der Waals surface area contributed by atoms with Crippen LogP contribution in [0.2, 0.25) is 0 Å². The molecule has 0 aliphatic rings. The van der Waals surface area contributed by atoms with Crippen LogP contribution in [-0.2, 0) is 0 Å². The molecule has 0 radical (unpaired) electrons. The number of rotatable bonds is 1. The molecule has 0 fully saturated rings. The number of aromatic amines is 1. The Balaban J connectivity index is 2.33. The number of carbonyl (C=O) groups is 1. The SMILES string of the molecule is CNC(=O)Oc1ccc2nc(N)[nH]c2c1. The maximum atomic E-state index is 10.9. The molecule has 0 unspecified atom stereocenters. The average molecular weight is 206 g/mol. The Morgan fingerprint density at radius 2 is 2.40 bits per heavy atom. The Morgan fingerprint density at radius 3 is 3.13 bits per heavy atom. The maximum absolute atomic E-state index is 10.9. The molecule has 0 spiro atoms. The van der Waals surface area contributed by atoms with Crippen LogP contribution in [0.4, 0.5) is 10.7 Å². The third kappa shape index (κ3) is 1.83. The van der Waals surface area contributed by atoms with E-state index in [0.717, 1.165) is 11.0 Å². The van der Waals surface area contributed by atoms with Crippen molar-refractivity contribution < 1.29 is 9.53 Å². The van der Waals surface area contributed by atoms with Gasteiger partial charge >= 0.3 is 6.09 Å². The molecule has 0 aliphatic heterocycles. The lowest BCUT2D eigenvalue weighted by molar-refractivity contribution is 0.203. The summed E-state index contributed by atoms with van der Waals surface area (Å²) < 4.78 is 4.94. The highest BCUT2D eigenvalue weighted by Gasteiger charge is 2.04. The van der Waals surface area contributed by atoms with Crippen LogP contribution in [0.25, 0.3) is 11.0 Å². The molecule has 1 heterocycles. The summed E-state index contributed by atoms with van der Waals surface area (Å²) in [5.41, 5.74) is 6.94. The number of aromatic nitrogens is 2. The van der Waals surface area contributed by atoms with Crippen molar-refractivity contribution in [1.29, 1.82) is 0 Å². The van der Waals surface area contributed by atoms with Gasteiger partial charge in [-0.2, -0.15) is 0 Å². The lowest BCUT2D eigenvalue weighted by Gasteiger charge is -2.01. The number of carbonyl (C=O) groups excluding carboxylic acids is 1. The van der Waals surface area contributed by atoms with Gasteiger partial charge in [0.2, 0.25) is 0 Å². The molecule has 1 aromatic heterocycles. The van der Waals surface area contributed by atoms with E-state index in [9.17, 15) is 4.79 Å². The second-order valence-electron chi connectivity index (χ2n) is 2.94. The number of nitrogens with two attached hydrogens (primary N) is 1. The van der Waals surface area contributed by atoms with Gasteiger partial charge in [-0.3, -0.25) is 0 Å². The summed E-state index contributed by atoms with van der Waals surface area (Å²) in [6.45, 7) is 0. The Bertz CT molecular complexity index is 506. The van der Waals surface area contributed by atoms with E-state index in [1.165, 1.54) is 7.05 Å². The first-order chi connectivity index (χ1) is 7.19. The minimum atomic E-state index is -0.512. The number of nitrogens with one attached hydrogen (secondary N) is 2. The number of nitrogens with zero attached hydrogens (tertiary/aromatic N) is 1. The monoisotopic (exact) mass is 206 g/mol. The van der Waals surface area contributed by atoms with Gasteiger partial charge in [0, 0.05) is 13.1 Å². The minimum absolute atomic E-state index is 0.335. The second-order valence-corrected chi connectivity index (χ2v) is 2.94. The van der Waals surface area contributed by atoms with E-state index < -0.39 is 6.09 Å². The van der Waals surface area contributed by atoms with Crippen molar-refractivity contribution in [3.8, 4) is 5.75 Å². The average Bonchev–Trinajstić information content (AvgIpc) is 2.57. The van der Waals surface area contributed by atoms with E-state index in [2.05, 4.69) is 15.3 Å². The number of amides is 1. The molecule has 2 rings (SSSR count). The van der Waals surface area contributed by atoms with Crippen LogP contribution in [0.1, 0.15) is 0 Å². The van der Waals surface area contributed by atoms with E-state index in [4.69, 9.17) is 10.5 Å². The van der Waals surface area contributed by atoms with Gasteiger partial charge < -0.3 is 20.8 Å². The molecule has 78 valence electrons. The lowest BCUT2D eigenvalue weighted by atomic mass is 10.3. The number of benzene rings is 1. The topological polar surface area (TPSA) is 93.0 Å². The van der Waals surface area contributed by atoms with Crippen LogP contribution >= 0.6 is 0 Å². The Morgan fingerprint density at radius 1 is 1.60 bits per heavy atom. The summed E-state index contributed by atoms with van der Waals surface area (Å²) in [5.74, 6) is 0.771. The summed E-state index contributed by atoms with van der Waals surface area (Å²) in [5, 5.41) is 2.36. The smallest absolute Gasteiger partial charge is 0.410 e. The number of anilines is 1. The molecule has 0 saturated carbocycles. The van der Waals surface area contributed by atoms with Gasteiger partial charge in [0.05, 0.1) is 11.0 Å². The molecule has 4 N–H and O–H groups in total. The van der Waals surface area contributed by atoms with Crippen molar-refractivity contribution in [2.75, 3.05) is 12.8 Å². The minimum Gasteiger partial charge on any atom is -0.410 e. The van der Waals surface area contributed by atoms with Gasteiger partial charge in [0.15, 0.2) is 5.95 Å². The highest BCUT2D eigenvalue weighted by Crippen LogP contribution is 2.19. The number of H-pyrrole nitrogens is 1. The molecule has 6 nitrogen and oxygen atoms in total. The highest BCUT2D eigenvalue weighted by atomic mass is 16.5. The van der Waals surface area contributed by atoms with Gasteiger partial charge in [-0.1, -0.05) is 0 Å². The first kappa shape index (κ1) is 9.32. The molecule has 0 atom stereocenters. The standard InChI is InChI=1S/C9H10N4O2/c1-11-9(14)15-5-2-3-6-7(4-5)13-8(10)12-6/h2-4H,1H3,(H,11,14)(H3,10,12,13). The predicted molar refractivity (Wildman–Crippen MR) is 55.6 cm³/mol. The molecular formula is C9H10N4O2. The summed E-state index contributed by atoms with van der Waals surface area (Å²) >= 11 is 0. The molecular weight excluding hydrogens is 196 g/mol. The fourth-order valence-electron chi connectivity index (χ4n) is 1.23. The van der Waals surface area contributed by atoms with Crippen LogP contribution < -0.4 is 15.8 Å². The van der Waals surface area contributed by atoms with E-state index in [1.807, 2.05) is 0 Å². The lowest BCUT2D eigenvalue weighted by Crippen LogP contribution is -2.21. The quantitative estimate of drug-likeness (QED) is 0.645. The van der Waals surface area contributed by atoms with Crippen LogP contribution in [0.5, 0.6) is 5.75 Å². The fourth-order valence-corrected chi connectivity index (χ4v) is 1.23. The largest absolute Gasteiger partial charge is 0.412 e. The summed E-state index contributed by atoms with van der Waals surface area (Å²) in [6.07, 6.45) is -0.512. The highest BCUT2D eigenvalue weighted by molar-refractivity contribution is 5.80. The van der Waals surface area contributed by atoms with Crippen molar-refractivity contribution in [2.24, 2.45) is 0 Å². The van der Waals surface area contributed by atoms with E-state index in [-0.39, 0.29) is 0 Å². The van der Waals surface area contributed by atoms with Gasteiger partial charge in [0.1, 0.15) is 5.75 Å². The Kier molecular flexibility index (Phi) is 2.17. The fraction of sp³-hybridized carbons (Fsp3) is 0.111. The molecule has 0 aliphatic carbocycles. The van der Waals surface area contributed by atoms with Crippen LogP contribution in [-0.4, -0.2) is 23.1 Å². The number of imidazole rings is 1. The molecule has 0 saturated heterocycles. The summed E-state index contributed by atoms with van der Waals surface area (Å²) in [7, 11) is 1.50. The summed E-state index contributed by atoms with van der Waals surface area (Å²) in [4.78, 5) is 17.8. The van der Waals surface area contributed by atoms with E-state index in [1.54, 1.807) is 18.2 Å². The van der Waals surface area contributed by atoms with Crippen molar-refractivity contribution >= 4 is 23.1 Å².